The fourth-order valence-electron chi connectivity index (χ4n) is 2.04. The fourth-order valence-corrected chi connectivity index (χ4v) is 2.04. The van der Waals surface area contributed by atoms with Gasteiger partial charge in [-0.2, -0.15) is 0 Å². The van der Waals surface area contributed by atoms with Crippen molar-refractivity contribution in [2.45, 2.75) is 13.5 Å². The highest BCUT2D eigenvalue weighted by atomic mass is 16.5. The van der Waals surface area contributed by atoms with Gasteiger partial charge in [0.15, 0.2) is 5.84 Å². The van der Waals surface area contributed by atoms with E-state index < -0.39 is 0 Å². The molecule has 0 aliphatic rings. The lowest BCUT2D eigenvalue weighted by Gasteiger charge is -2.22. The van der Waals surface area contributed by atoms with Crippen LogP contribution in [0.15, 0.2) is 23.4 Å². The Morgan fingerprint density at radius 1 is 1.24 bits per heavy atom. The quantitative estimate of drug-likeness (QED) is 0.309. The minimum atomic E-state index is 0.125. The molecule has 0 saturated carbocycles. The summed E-state index contributed by atoms with van der Waals surface area (Å²) in [5.74, 6) is 0.125. The van der Waals surface area contributed by atoms with Gasteiger partial charge >= 0.3 is 0 Å². The normalized spacial score (nSPS) is 12.1. The molecular formula is C15H25N3O3. The number of ether oxygens (including phenoxy) is 2. The molecule has 0 bridgehead atoms. The van der Waals surface area contributed by atoms with Gasteiger partial charge in [-0.3, -0.25) is 4.90 Å². The number of nitrogens with two attached hydrogens (primary N) is 1. The van der Waals surface area contributed by atoms with Gasteiger partial charge in [0, 0.05) is 39.4 Å². The van der Waals surface area contributed by atoms with Crippen LogP contribution in [0, 0.1) is 6.92 Å². The molecule has 0 aliphatic heterocycles. The summed E-state index contributed by atoms with van der Waals surface area (Å²) < 4.78 is 10.3. The maximum Gasteiger partial charge on any atom is 0.170 e. The molecule has 118 valence electrons. The predicted molar refractivity (Wildman–Crippen MR) is 82.7 cm³/mol. The van der Waals surface area contributed by atoms with Crippen LogP contribution >= 0.6 is 0 Å². The van der Waals surface area contributed by atoms with Crippen molar-refractivity contribution in [3.05, 3.63) is 34.9 Å². The van der Waals surface area contributed by atoms with E-state index in [-0.39, 0.29) is 5.84 Å². The molecule has 0 atom stereocenters. The van der Waals surface area contributed by atoms with Crippen LogP contribution in [0.1, 0.15) is 16.7 Å². The Morgan fingerprint density at radius 2 is 1.86 bits per heavy atom. The summed E-state index contributed by atoms with van der Waals surface area (Å²) in [6.07, 6.45) is 0. The topological polar surface area (TPSA) is 80.3 Å². The zero-order chi connectivity index (χ0) is 15.7. The van der Waals surface area contributed by atoms with E-state index in [9.17, 15) is 0 Å². The van der Waals surface area contributed by atoms with Gasteiger partial charge in [-0.1, -0.05) is 17.3 Å². The Bertz CT molecular complexity index is 455. The van der Waals surface area contributed by atoms with Crippen LogP contribution in [0.25, 0.3) is 0 Å². The molecule has 3 N–H and O–H groups in total. The molecule has 0 aliphatic carbocycles. The zero-order valence-corrected chi connectivity index (χ0v) is 13.0. The van der Waals surface area contributed by atoms with Crippen LogP contribution in [0.4, 0.5) is 0 Å². The molecule has 6 nitrogen and oxygen atoms in total. The van der Waals surface area contributed by atoms with Gasteiger partial charge < -0.3 is 20.4 Å². The second-order valence-electron chi connectivity index (χ2n) is 4.89. The minimum absolute atomic E-state index is 0.125. The Kier molecular flexibility index (Phi) is 7.74. The lowest BCUT2D eigenvalue weighted by atomic mass is 10.0. The highest BCUT2D eigenvalue weighted by Crippen LogP contribution is 2.13. The van der Waals surface area contributed by atoms with E-state index in [0.29, 0.717) is 13.2 Å². The van der Waals surface area contributed by atoms with Crippen molar-refractivity contribution in [1.29, 1.82) is 0 Å². The molecule has 1 aromatic carbocycles. The first-order chi connectivity index (χ1) is 10.1. The van der Waals surface area contributed by atoms with E-state index in [1.807, 2.05) is 25.1 Å². The van der Waals surface area contributed by atoms with Crippen molar-refractivity contribution in [1.82, 2.24) is 4.90 Å². The Morgan fingerprint density at radius 3 is 2.33 bits per heavy atom. The number of methoxy groups -OCH3 is 2. The summed E-state index contributed by atoms with van der Waals surface area (Å²) in [5.41, 5.74) is 8.64. The van der Waals surface area contributed by atoms with E-state index in [1.165, 1.54) is 5.56 Å². The molecular weight excluding hydrogens is 270 g/mol. The molecule has 0 heterocycles. The smallest absolute Gasteiger partial charge is 0.170 e. The van der Waals surface area contributed by atoms with Crippen LogP contribution < -0.4 is 5.73 Å². The molecule has 0 saturated heterocycles. The number of hydrogen-bond acceptors (Lipinski definition) is 5. The summed E-state index contributed by atoms with van der Waals surface area (Å²) >= 11 is 0. The molecule has 0 unspecified atom stereocenters. The van der Waals surface area contributed by atoms with E-state index in [1.54, 1.807) is 14.2 Å². The van der Waals surface area contributed by atoms with E-state index in [2.05, 4.69) is 10.1 Å². The van der Waals surface area contributed by atoms with Crippen molar-refractivity contribution in [2.24, 2.45) is 10.9 Å². The first-order valence-electron chi connectivity index (χ1n) is 6.90. The fraction of sp³-hybridized carbons (Fsp3) is 0.533. The molecule has 21 heavy (non-hydrogen) atoms. The van der Waals surface area contributed by atoms with Gasteiger partial charge in [-0.15, -0.1) is 0 Å². The number of nitrogens with zero attached hydrogens (tertiary/aromatic N) is 2. The van der Waals surface area contributed by atoms with Gasteiger partial charge in [-0.05, 0) is 24.1 Å². The Labute approximate surface area is 126 Å². The van der Waals surface area contributed by atoms with Crippen molar-refractivity contribution >= 4 is 5.84 Å². The average molecular weight is 295 g/mol. The number of hydrogen-bond donors (Lipinski definition) is 2. The predicted octanol–water partition coefficient (Wildman–Crippen LogP) is 1.18. The summed E-state index contributed by atoms with van der Waals surface area (Å²) in [6, 6.07) is 5.80. The highest BCUT2D eigenvalue weighted by molar-refractivity contribution is 5.97. The van der Waals surface area contributed by atoms with Crippen LogP contribution in [0.3, 0.4) is 0 Å². The molecule has 1 aromatic rings. The van der Waals surface area contributed by atoms with Crippen molar-refractivity contribution in [3.63, 3.8) is 0 Å². The first kappa shape index (κ1) is 17.4. The lowest BCUT2D eigenvalue weighted by molar-refractivity contribution is 0.110. The lowest BCUT2D eigenvalue weighted by Crippen LogP contribution is -2.30. The van der Waals surface area contributed by atoms with E-state index in [0.717, 1.165) is 30.8 Å². The second kappa shape index (κ2) is 9.33. The number of rotatable bonds is 9. The molecule has 6 heteroatoms. The third-order valence-electron chi connectivity index (χ3n) is 3.36. The van der Waals surface area contributed by atoms with Gasteiger partial charge in [0.2, 0.25) is 0 Å². The molecule has 0 fully saturated rings. The number of oxime groups is 1. The number of benzene rings is 1. The van der Waals surface area contributed by atoms with Crippen LogP contribution in [-0.2, 0) is 16.0 Å². The summed E-state index contributed by atoms with van der Waals surface area (Å²) in [6.45, 7) is 5.90. The monoisotopic (exact) mass is 295 g/mol. The number of amidine groups is 1. The van der Waals surface area contributed by atoms with Crippen molar-refractivity contribution in [2.75, 3.05) is 40.5 Å². The average Bonchev–Trinajstić information content (AvgIpc) is 2.50. The van der Waals surface area contributed by atoms with Crippen LogP contribution in [0.5, 0.6) is 0 Å². The first-order valence-corrected chi connectivity index (χ1v) is 6.90. The van der Waals surface area contributed by atoms with E-state index >= 15 is 0 Å². The standard InChI is InChI=1S/C15H25N3O3/c1-12-10-13(15(16)17-19)4-5-14(12)11-18(6-8-20-2)7-9-21-3/h4-5,10,19H,6-9,11H2,1-3H3,(H2,16,17). The minimum Gasteiger partial charge on any atom is -0.409 e. The van der Waals surface area contributed by atoms with E-state index in [4.69, 9.17) is 20.4 Å². The SMILES string of the molecule is COCCN(CCOC)Cc1ccc(/C(N)=N/O)cc1C. The third kappa shape index (κ3) is 5.71. The highest BCUT2D eigenvalue weighted by Gasteiger charge is 2.09. The molecule has 0 amide bonds. The van der Waals surface area contributed by atoms with Crippen LogP contribution in [0.2, 0.25) is 0 Å². The zero-order valence-electron chi connectivity index (χ0n) is 13.0. The van der Waals surface area contributed by atoms with Gasteiger partial charge in [0.1, 0.15) is 0 Å². The molecule has 0 radical (unpaired) electrons. The summed E-state index contributed by atoms with van der Waals surface area (Å²) in [7, 11) is 3.40. The maximum atomic E-state index is 8.71. The Hall–Kier alpha value is -1.63. The van der Waals surface area contributed by atoms with Gasteiger partial charge in [0.25, 0.3) is 0 Å². The molecule has 0 spiro atoms. The van der Waals surface area contributed by atoms with Gasteiger partial charge in [0.05, 0.1) is 13.2 Å². The maximum absolute atomic E-state index is 8.71. The van der Waals surface area contributed by atoms with Crippen molar-refractivity contribution < 1.29 is 14.7 Å². The summed E-state index contributed by atoms with van der Waals surface area (Å²) in [5, 5.41) is 11.7. The van der Waals surface area contributed by atoms with Crippen LogP contribution in [-0.4, -0.2) is 56.5 Å². The largest absolute Gasteiger partial charge is 0.409 e. The molecule has 0 aromatic heterocycles. The Balaban J connectivity index is 2.78. The van der Waals surface area contributed by atoms with Crippen molar-refractivity contribution in [3.8, 4) is 0 Å². The number of aryl methyl sites for hydroxylation is 1. The molecule has 1 rings (SSSR count). The van der Waals surface area contributed by atoms with Gasteiger partial charge in [-0.25, -0.2) is 0 Å². The third-order valence-corrected chi connectivity index (χ3v) is 3.36. The second-order valence-corrected chi connectivity index (χ2v) is 4.89. The summed E-state index contributed by atoms with van der Waals surface area (Å²) in [4.78, 5) is 2.28.